The van der Waals surface area contributed by atoms with Crippen LogP contribution in [0.25, 0.3) is 0 Å². The maximum absolute atomic E-state index is 10.7. The molecule has 2 aromatic carbocycles. The van der Waals surface area contributed by atoms with Gasteiger partial charge >= 0.3 is 0 Å². The zero-order chi connectivity index (χ0) is 14.7. The van der Waals surface area contributed by atoms with Crippen molar-refractivity contribution >= 4 is 15.9 Å². The standard InChI is InChI=1S/C16H17BrO3/c1-10-7-11(9-12(17)8-10)16(18)15-13(19-2)5-4-6-14(15)20-3/h4-9,16,18H,1-3H3. The van der Waals surface area contributed by atoms with Crippen LogP contribution in [0.3, 0.4) is 0 Å². The summed E-state index contributed by atoms with van der Waals surface area (Å²) in [6.45, 7) is 1.99. The number of rotatable bonds is 4. The highest BCUT2D eigenvalue weighted by atomic mass is 79.9. The third-order valence-corrected chi connectivity index (χ3v) is 3.58. The number of hydrogen-bond acceptors (Lipinski definition) is 3. The average molecular weight is 337 g/mol. The first-order valence-electron chi connectivity index (χ1n) is 6.23. The highest BCUT2D eigenvalue weighted by Gasteiger charge is 2.20. The van der Waals surface area contributed by atoms with Crippen LogP contribution in [-0.4, -0.2) is 19.3 Å². The fourth-order valence-corrected chi connectivity index (χ4v) is 2.86. The zero-order valence-corrected chi connectivity index (χ0v) is 13.3. The van der Waals surface area contributed by atoms with Crippen molar-refractivity contribution in [1.82, 2.24) is 0 Å². The molecule has 0 saturated heterocycles. The molecule has 0 bridgehead atoms. The number of methoxy groups -OCH3 is 2. The predicted octanol–water partition coefficient (Wildman–Crippen LogP) is 3.86. The molecule has 0 amide bonds. The molecule has 0 heterocycles. The van der Waals surface area contributed by atoms with Crippen LogP contribution >= 0.6 is 15.9 Å². The van der Waals surface area contributed by atoms with Crippen LogP contribution in [0.5, 0.6) is 11.5 Å². The van der Waals surface area contributed by atoms with E-state index in [0.717, 1.165) is 15.6 Å². The second-order valence-corrected chi connectivity index (χ2v) is 5.46. The Kier molecular flexibility index (Phi) is 4.68. The van der Waals surface area contributed by atoms with Gasteiger partial charge in [-0.15, -0.1) is 0 Å². The second-order valence-electron chi connectivity index (χ2n) is 4.54. The summed E-state index contributed by atoms with van der Waals surface area (Å²) in [7, 11) is 3.16. The van der Waals surface area contributed by atoms with Crippen molar-refractivity contribution < 1.29 is 14.6 Å². The third-order valence-electron chi connectivity index (χ3n) is 3.12. The van der Waals surface area contributed by atoms with Crippen molar-refractivity contribution in [2.45, 2.75) is 13.0 Å². The molecule has 1 N–H and O–H groups in total. The highest BCUT2D eigenvalue weighted by molar-refractivity contribution is 9.10. The summed E-state index contributed by atoms with van der Waals surface area (Å²) in [5.41, 5.74) is 2.50. The van der Waals surface area contributed by atoms with Gasteiger partial charge in [-0.3, -0.25) is 0 Å². The molecule has 0 radical (unpaired) electrons. The average Bonchev–Trinajstić information content (AvgIpc) is 2.44. The van der Waals surface area contributed by atoms with Crippen LogP contribution in [0, 0.1) is 6.92 Å². The molecule has 20 heavy (non-hydrogen) atoms. The minimum Gasteiger partial charge on any atom is -0.496 e. The number of aryl methyl sites for hydroxylation is 1. The monoisotopic (exact) mass is 336 g/mol. The minimum absolute atomic E-state index is 0.606. The topological polar surface area (TPSA) is 38.7 Å². The van der Waals surface area contributed by atoms with E-state index in [-0.39, 0.29) is 0 Å². The Morgan fingerprint density at radius 2 is 1.65 bits per heavy atom. The van der Waals surface area contributed by atoms with Gasteiger partial charge in [0, 0.05) is 4.47 Å². The lowest BCUT2D eigenvalue weighted by Gasteiger charge is -2.19. The summed E-state index contributed by atoms with van der Waals surface area (Å²) >= 11 is 3.45. The maximum atomic E-state index is 10.7. The fraction of sp³-hybridized carbons (Fsp3) is 0.250. The van der Waals surface area contributed by atoms with Crippen molar-refractivity contribution in [2.24, 2.45) is 0 Å². The Balaban J connectivity index is 2.54. The van der Waals surface area contributed by atoms with E-state index in [1.807, 2.05) is 43.3 Å². The molecule has 0 aliphatic heterocycles. The molecule has 4 heteroatoms. The van der Waals surface area contributed by atoms with Crippen LogP contribution < -0.4 is 9.47 Å². The number of halogens is 1. The third kappa shape index (κ3) is 2.97. The van der Waals surface area contributed by atoms with Gasteiger partial charge in [-0.2, -0.15) is 0 Å². The second kappa shape index (κ2) is 6.29. The van der Waals surface area contributed by atoms with Gasteiger partial charge in [0.15, 0.2) is 0 Å². The van der Waals surface area contributed by atoms with Crippen molar-refractivity contribution in [3.63, 3.8) is 0 Å². The molecule has 0 aliphatic rings. The van der Waals surface area contributed by atoms with Crippen molar-refractivity contribution in [2.75, 3.05) is 14.2 Å². The summed E-state index contributed by atoms with van der Waals surface area (Å²) in [6, 6.07) is 11.3. The number of aliphatic hydroxyl groups is 1. The fourth-order valence-electron chi connectivity index (χ4n) is 2.24. The van der Waals surface area contributed by atoms with Gasteiger partial charge < -0.3 is 14.6 Å². The van der Waals surface area contributed by atoms with Gasteiger partial charge in [0.2, 0.25) is 0 Å². The predicted molar refractivity (Wildman–Crippen MR) is 82.5 cm³/mol. The Morgan fingerprint density at radius 3 is 2.15 bits per heavy atom. The lowest BCUT2D eigenvalue weighted by molar-refractivity contribution is 0.208. The van der Waals surface area contributed by atoms with Gasteiger partial charge in [0.25, 0.3) is 0 Å². The molecule has 3 nitrogen and oxygen atoms in total. The van der Waals surface area contributed by atoms with Crippen LogP contribution in [-0.2, 0) is 0 Å². The number of benzene rings is 2. The molecular formula is C16H17BrO3. The van der Waals surface area contributed by atoms with Gasteiger partial charge in [-0.25, -0.2) is 0 Å². The molecule has 0 spiro atoms. The molecule has 1 atom stereocenters. The largest absolute Gasteiger partial charge is 0.496 e. The first-order valence-corrected chi connectivity index (χ1v) is 7.02. The van der Waals surface area contributed by atoms with Crippen molar-refractivity contribution in [3.05, 3.63) is 57.6 Å². The van der Waals surface area contributed by atoms with Gasteiger partial charge in [0.05, 0.1) is 19.8 Å². The Morgan fingerprint density at radius 1 is 1.05 bits per heavy atom. The number of hydrogen-bond donors (Lipinski definition) is 1. The van der Waals surface area contributed by atoms with E-state index in [2.05, 4.69) is 15.9 Å². The SMILES string of the molecule is COc1cccc(OC)c1C(O)c1cc(C)cc(Br)c1. The maximum Gasteiger partial charge on any atom is 0.128 e. The van der Waals surface area contributed by atoms with E-state index in [4.69, 9.17) is 9.47 Å². The smallest absolute Gasteiger partial charge is 0.128 e. The van der Waals surface area contributed by atoms with Crippen LogP contribution in [0.15, 0.2) is 40.9 Å². The molecule has 0 aliphatic carbocycles. The van der Waals surface area contributed by atoms with E-state index in [9.17, 15) is 5.11 Å². The molecule has 0 fully saturated rings. The van der Waals surface area contributed by atoms with Gasteiger partial charge in [-0.05, 0) is 42.3 Å². The summed E-state index contributed by atoms with van der Waals surface area (Å²) < 4.78 is 11.6. The first kappa shape index (κ1) is 14.9. The lowest BCUT2D eigenvalue weighted by atomic mass is 9.98. The highest BCUT2D eigenvalue weighted by Crippen LogP contribution is 2.38. The molecule has 2 aromatic rings. The van der Waals surface area contributed by atoms with Gasteiger partial charge in [-0.1, -0.05) is 28.1 Å². The van der Waals surface area contributed by atoms with Gasteiger partial charge in [0.1, 0.15) is 17.6 Å². The first-order chi connectivity index (χ1) is 9.56. The Bertz CT molecular complexity index is 568. The van der Waals surface area contributed by atoms with Crippen molar-refractivity contribution in [1.29, 1.82) is 0 Å². The molecule has 0 aromatic heterocycles. The number of ether oxygens (including phenoxy) is 2. The van der Waals surface area contributed by atoms with Crippen LogP contribution in [0.1, 0.15) is 22.8 Å². The minimum atomic E-state index is -0.808. The quantitative estimate of drug-likeness (QED) is 0.921. The van der Waals surface area contributed by atoms with Crippen LogP contribution in [0.2, 0.25) is 0 Å². The molecule has 1 unspecified atom stereocenters. The van der Waals surface area contributed by atoms with Crippen LogP contribution in [0.4, 0.5) is 0 Å². The molecule has 0 saturated carbocycles. The Labute approximate surface area is 127 Å². The summed E-state index contributed by atoms with van der Waals surface area (Å²) in [6.07, 6.45) is -0.808. The van der Waals surface area contributed by atoms with E-state index in [1.54, 1.807) is 14.2 Å². The van der Waals surface area contributed by atoms with E-state index in [1.165, 1.54) is 0 Å². The molecule has 2 rings (SSSR count). The van der Waals surface area contributed by atoms with E-state index in [0.29, 0.717) is 17.1 Å². The lowest BCUT2D eigenvalue weighted by Crippen LogP contribution is -2.05. The van der Waals surface area contributed by atoms with E-state index < -0.39 is 6.10 Å². The summed E-state index contributed by atoms with van der Waals surface area (Å²) in [4.78, 5) is 0. The zero-order valence-electron chi connectivity index (χ0n) is 11.7. The molecule has 106 valence electrons. The van der Waals surface area contributed by atoms with E-state index >= 15 is 0 Å². The Hall–Kier alpha value is -1.52. The summed E-state index contributed by atoms with van der Waals surface area (Å²) in [5, 5.41) is 10.7. The number of aliphatic hydroxyl groups excluding tert-OH is 1. The van der Waals surface area contributed by atoms with Crippen molar-refractivity contribution in [3.8, 4) is 11.5 Å². The normalized spacial score (nSPS) is 12.1. The molecular weight excluding hydrogens is 320 g/mol. The summed E-state index contributed by atoms with van der Waals surface area (Å²) in [5.74, 6) is 1.21.